The maximum Gasteiger partial charge on any atom is 0.264 e. The van der Waals surface area contributed by atoms with Crippen LogP contribution in [0.5, 0.6) is 0 Å². The first-order chi connectivity index (χ1) is 12.9. The number of nitrogens with one attached hydrogen (secondary N) is 1. The van der Waals surface area contributed by atoms with E-state index in [9.17, 15) is 4.79 Å². The number of H-pyrrole nitrogens is 1. The van der Waals surface area contributed by atoms with Crippen molar-refractivity contribution in [1.29, 1.82) is 0 Å². The summed E-state index contributed by atoms with van der Waals surface area (Å²) in [7, 11) is 0. The van der Waals surface area contributed by atoms with E-state index in [4.69, 9.17) is 4.74 Å². The minimum absolute atomic E-state index is 0.175. The second-order valence-electron chi connectivity index (χ2n) is 7.37. The fourth-order valence-corrected chi connectivity index (χ4v) is 3.93. The summed E-state index contributed by atoms with van der Waals surface area (Å²) in [5.41, 5.74) is 0.118. The normalized spacial score (nSPS) is 19.4. The molecule has 3 aromatic heterocycles. The number of hydrogen-bond acceptors (Lipinski definition) is 7. The van der Waals surface area contributed by atoms with E-state index in [0.29, 0.717) is 31.1 Å². The molecule has 0 bridgehead atoms. The lowest BCUT2D eigenvalue weighted by Gasteiger charge is -2.42. The number of rotatable bonds is 4. The number of hydrogen-bond donors (Lipinski definition) is 1. The van der Waals surface area contributed by atoms with Gasteiger partial charge in [-0.1, -0.05) is 6.07 Å². The van der Waals surface area contributed by atoms with Crippen LogP contribution in [0.25, 0.3) is 11.4 Å². The van der Waals surface area contributed by atoms with E-state index in [1.54, 1.807) is 17.5 Å². The third-order valence-electron chi connectivity index (χ3n) is 4.60. The Hall–Kier alpha value is -2.52. The van der Waals surface area contributed by atoms with Gasteiger partial charge in [0.1, 0.15) is 0 Å². The lowest BCUT2D eigenvalue weighted by atomic mass is 10.1. The van der Waals surface area contributed by atoms with Gasteiger partial charge in [-0.05, 0) is 32.2 Å². The molecule has 1 saturated heterocycles. The summed E-state index contributed by atoms with van der Waals surface area (Å²) >= 11 is 1.68. The van der Waals surface area contributed by atoms with E-state index < -0.39 is 0 Å². The molecule has 27 heavy (non-hydrogen) atoms. The van der Waals surface area contributed by atoms with Crippen LogP contribution in [0.4, 0.5) is 5.95 Å². The Bertz CT molecular complexity index is 978. The quantitative estimate of drug-likeness (QED) is 0.739. The van der Waals surface area contributed by atoms with Crippen LogP contribution in [-0.2, 0) is 11.3 Å². The minimum atomic E-state index is -0.266. The summed E-state index contributed by atoms with van der Waals surface area (Å²) in [5, 5.41) is 17.3. The Morgan fingerprint density at radius 1 is 1.41 bits per heavy atom. The molecule has 1 fully saturated rings. The molecule has 3 aromatic rings. The Balaban J connectivity index is 1.80. The maximum absolute atomic E-state index is 11.7. The molecular weight excluding hydrogens is 364 g/mol. The predicted octanol–water partition coefficient (Wildman–Crippen LogP) is 2.14. The fourth-order valence-electron chi connectivity index (χ4n) is 3.24. The summed E-state index contributed by atoms with van der Waals surface area (Å²) < 4.78 is 7.99. The van der Waals surface area contributed by atoms with Crippen LogP contribution in [0, 0.1) is 0 Å². The van der Waals surface area contributed by atoms with Crippen molar-refractivity contribution >= 4 is 17.3 Å². The molecule has 0 unspecified atom stereocenters. The Morgan fingerprint density at radius 3 is 3.00 bits per heavy atom. The Morgan fingerprint density at radius 2 is 2.26 bits per heavy atom. The third-order valence-corrected chi connectivity index (χ3v) is 5.46. The van der Waals surface area contributed by atoms with Gasteiger partial charge in [0.2, 0.25) is 5.95 Å². The first-order valence-corrected chi connectivity index (χ1v) is 9.72. The van der Waals surface area contributed by atoms with Gasteiger partial charge in [-0.2, -0.15) is 5.10 Å². The van der Waals surface area contributed by atoms with Crippen molar-refractivity contribution in [2.24, 2.45) is 0 Å². The lowest BCUT2D eigenvalue weighted by Crippen LogP contribution is -2.54. The SMILES string of the molecule is C[C@H]1COC(C)(C)CN1c1nnc(-c2cn[nH]c(=O)c2)n1Cc1cccs1. The number of thiophene rings is 1. The summed E-state index contributed by atoms with van der Waals surface area (Å²) in [4.78, 5) is 15.2. The average Bonchev–Trinajstić information content (AvgIpc) is 3.28. The van der Waals surface area contributed by atoms with Crippen molar-refractivity contribution in [2.45, 2.75) is 39.0 Å². The highest BCUT2D eigenvalue weighted by molar-refractivity contribution is 7.09. The predicted molar refractivity (Wildman–Crippen MR) is 104 cm³/mol. The van der Waals surface area contributed by atoms with E-state index in [1.165, 1.54) is 10.9 Å². The highest BCUT2D eigenvalue weighted by Gasteiger charge is 2.34. The summed E-state index contributed by atoms with van der Waals surface area (Å²) in [6.07, 6.45) is 1.60. The number of morpholine rings is 1. The van der Waals surface area contributed by atoms with Crippen LogP contribution in [0.1, 0.15) is 25.6 Å². The molecule has 0 spiro atoms. The molecule has 0 aliphatic carbocycles. The first-order valence-electron chi connectivity index (χ1n) is 8.84. The molecule has 0 aromatic carbocycles. The van der Waals surface area contributed by atoms with E-state index in [1.807, 2.05) is 11.4 Å². The number of aromatic nitrogens is 5. The molecule has 142 valence electrons. The van der Waals surface area contributed by atoms with Crippen LogP contribution in [0.3, 0.4) is 0 Å². The van der Waals surface area contributed by atoms with Gasteiger partial charge < -0.3 is 9.64 Å². The van der Waals surface area contributed by atoms with Gasteiger partial charge in [0, 0.05) is 23.1 Å². The van der Waals surface area contributed by atoms with Crippen LogP contribution in [-0.4, -0.2) is 49.8 Å². The zero-order chi connectivity index (χ0) is 19.0. The second kappa shape index (κ2) is 6.90. The molecular formula is C18H22N6O2S. The first kappa shape index (κ1) is 17.9. The van der Waals surface area contributed by atoms with Crippen molar-refractivity contribution in [3.63, 3.8) is 0 Å². The molecule has 1 atom stereocenters. The number of aromatic amines is 1. The third kappa shape index (κ3) is 3.65. The molecule has 0 radical (unpaired) electrons. The molecule has 0 saturated carbocycles. The highest BCUT2D eigenvalue weighted by atomic mass is 32.1. The van der Waals surface area contributed by atoms with Gasteiger partial charge in [0.15, 0.2) is 5.82 Å². The Labute approximate surface area is 160 Å². The molecule has 1 N–H and O–H groups in total. The minimum Gasteiger partial charge on any atom is -0.372 e. The van der Waals surface area contributed by atoms with E-state index in [2.05, 4.69) is 56.7 Å². The maximum atomic E-state index is 11.7. The fraction of sp³-hybridized carbons (Fsp3) is 0.444. The summed E-state index contributed by atoms with van der Waals surface area (Å²) in [5.74, 6) is 1.41. The number of nitrogens with zero attached hydrogens (tertiary/aromatic N) is 5. The highest BCUT2D eigenvalue weighted by Crippen LogP contribution is 2.29. The molecule has 8 nitrogen and oxygen atoms in total. The van der Waals surface area contributed by atoms with Gasteiger partial charge >= 0.3 is 0 Å². The largest absolute Gasteiger partial charge is 0.372 e. The van der Waals surface area contributed by atoms with E-state index >= 15 is 0 Å². The molecule has 4 heterocycles. The summed E-state index contributed by atoms with van der Waals surface area (Å²) in [6, 6.07) is 5.78. The van der Waals surface area contributed by atoms with Gasteiger partial charge in [-0.15, -0.1) is 21.5 Å². The van der Waals surface area contributed by atoms with Crippen molar-refractivity contribution in [3.8, 4) is 11.4 Å². The van der Waals surface area contributed by atoms with Gasteiger partial charge in [-0.3, -0.25) is 9.36 Å². The van der Waals surface area contributed by atoms with Crippen LogP contribution < -0.4 is 10.5 Å². The lowest BCUT2D eigenvalue weighted by molar-refractivity contribution is -0.0428. The molecule has 9 heteroatoms. The smallest absolute Gasteiger partial charge is 0.264 e. The monoisotopic (exact) mass is 386 g/mol. The van der Waals surface area contributed by atoms with Crippen LogP contribution >= 0.6 is 11.3 Å². The molecule has 4 rings (SSSR count). The second-order valence-corrected chi connectivity index (χ2v) is 8.40. The molecule has 1 aliphatic rings. The van der Waals surface area contributed by atoms with Crippen molar-refractivity contribution in [3.05, 3.63) is 45.0 Å². The van der Waals surface area contributed by atoms with Crippen LogP contribution in [0.2, 0.25) is 0 Å². The number of anilines is 1. The van der Waals surface area contributed by atoms with Gasteiger partial charge in [0.05, 0.1) is 31.0 Å². The zero-order valence-electron chi connectivity index (χ0n) is 15.5. The standard InChI is InChI=1S/C18H22N6O2S/c1-12-10-26-18(2,3)11-24(12)17-22-21-16(13-7-15(25)20-19-8-13)23(17)9-14-5-4-6-27-14/h4-8,12H,9-11H2,1-3H3,(H,20,25)/t12-/m0/s1. The zero-order valence-corrected chi connectivity index (χ0v) is 16.4. The van der Waals surface area contributed by atoms with Crippen molar-refractivity contribution in [1.82, 2.24) is 25.0 Å². The van der Waals surface area contributed by atoms with Crippen molar-refractivity contribution in [2.75, 3.05) is 18.1 Å². The van der Waals surface area contributed by atoms with Gasteiger partial charge in [-0.25, -0.2) is 5.10 Å². The number of ether oxygens (including phenoxy) is 1. The topological polar surface area (TPSA) is 88.9 Å². The van der Waals surface area contributed by atoms with Crippen molar-refractivity contribution < 1.29 is 4.74 Å². The van der Waals surface area contributed by atoms with Gasteiger partial charge in [0.25, 0.3) is 5.56 Å². The molecule has 1 aliphatic heterocycles. The van der Waals surface area contributed by atoms with E-state index in [0.717, 1.165) is 5.95 Å². The van der Waals surface area contributed by atoms with E-state index in [-0.39, 0.29) is 17.2 Å². The summed E-state index contributed by atoms with van der Waals surface area (Å²) in [6.45, 7) is 8.24. The molecule has 0 amide bonds. The Kier molecular flexibility index (Phi) is 4.56. The van der Waals surface area contributed by atoms with Crippen LogP contribution in [0.15, 0.2) is 34.6 Å². The average molecular weight is 386 g/mol.